The van der Waals surface area contributed by atoms with Crippen molar-refractivity contribution in [3.05, 3.63) is 28.9 Å². The Kier molecular flexibility index (Phi) is 13.1. The topological polar surface area (TPSA) is 26.3 Å². The summed E-state index contributed by atoms with van der Waals surface area (Å²) in [5, 5.41) is 1.04. The first-order chi connectivity index (χ1) is 21.5. The number of rotatable bonds is 9. The summed E-state index contributed by atoms with van der Waals surface area (Å²) in [6.45, 7) is 7.03. The molecule has 6 rings (SSSR count). The smallest absolute Gasteiger partial charge is 0.182 e. The van der Waals surface area contributed by atoms with Gasteiger partial charge in [-0.25, -0.2) is 4.39 Å². The highest BCUT2D eigenvalue weighted by molar-refractivity contribution is 7.19. The molecule has 4 heteroatoms. The zero-order valence-corrected chi connectivity index (χ0v) is 29.0. The zero-order chi connectivity index (χ0) is 30.9. The number of Topliss-reactive ketones (excluding diaryl/α,β-unsaturated/α-hetero) is 1. The van der Waals surface area contributed by atoms with Crippen LogP contribution in [0.1, 0.15) is 160 Å². The Bertz CT molecular complexity index is 1140. The van der Waals surface area contributed by atoms with E-state index in [2.05, 4.69) is 19.9 Å². The second-order valence-electron chi connectivity index (χ2n) is 15.0. The highest BCUT2D eigenvalue weighted by Gasteiger charge is 2.32. The molecule has 246 valence electrons. The monoisotopic (exact) mass is 624 g/mol. The van der Waals surface area contributed by atoms with Crippen molar-refractivity contribution in [1.82, 2.24) is 0 Å². The Balaban J connectivity index is 0.000000204. The quantitative estimate of drug-likeness (QED) is 0.277. The van der Waals surface area contributed by atoms with Gasteiger partial charge in [0.05, 0.1) is 11.3 Å². The second-order valence-corrected chi connectivity index (χ2v) is 16.1. The van der Waals surface area contributed by atoms with E-state index in [-0.39, 0.29) is 5.82 Å². The van der Waals surface area contributed by atoms with E-state index < -0.39 is 0 Å². The molecule has 0 saturated heterocycles. The van der Waals surface area contributed by atoms with Crippen LogP contribution in [-0.4, -0.2) is 12.4 Å². The Labute approximate surface area is 272 Å². The standard InChI is InChI=1S/C25H35FOS.C15H26O/c1-3-5-17-6-8-18(9-7-17)19-10-12-20(13-11-19)23-16-21-14-15-22(27-4-2)24(26)25(21)28-23;1-2-3-12-4-6-13(7-5-12)14-8-10-15(16)11-9-14/h14-20H,3-13H2,1-2H3;12-14H,2-11H2,1H3. The van der Waals surface area contributed by atoms with E-state index in [9.17, 15) is 9.18 Å². The van der Waals surface area contributed by atoms with Crippen LogP contribution in [0, 0.1) is 41.3 Å². The average Bonchev–Trinajstić information content (AvgIpc) is 3.50. The number of thiophene rings is 1. The number of carbonyl (C=O) groups excluding carboxylic acids is 1. The number of halogens is 1. The summed E-state index contributed by atoms with van der Waals surface area (Å²) in [4.78, 5) is 12.6. The normalized spacial score (nSPS) is 30.1. The van der Waals surface area contributed by atoms with Gasteiger partial charge < -0.3 is 4.74 Å². The predicted octanol–water partition coefficient (Wildman–Crippen LogP) is 12.7. The van der Waals surface area contributed by atoms with Crippen LogP contribution >= 0.6 is 11.3 Å². The molecule has 0 radical (unpaired) electrons. The van der Waals surface area contributed by atoms with Crippen molar-refractivity contribution in [3.63, 3.8) is 0 Å². The van der Waals surface area contributed by atoms with E-state index in [1.165, 1.54) is 120 Å². The third-order valence-corrected chi connectivity index (χ3v) is 13.5. The number of hydrogen-bond acceptors (Lipinski definition) is 3. The van der Waals surface area contributed by atoms with Crippen LogP contribution in [0.2, 0.25) is 0 Å². The third-order valence-electron chi connectivity index (χ3n) is 12.2. The molecular formula is C40H61FO2S. The Morgan fingerprint density at radius 3 is 1.70 bits per heavy atom. The highest BCUT2D eigenvalue weighted by Crippen LogP contribution is 2.47. The molecule has 2 nitrogen and oxygen atoms in total. The molecule has 1 aromatic carbocycles. The van der Waals surface area contributed by atoms with E-state index in [1.807, 2.05) is 13.0 Å². The maximum absolute atomic E-state index is 14.7. The summed E-state index contributed by atoms with van der Waals surface area (Å²) in [5.41, 5.74) is 0. The molecule has 0 aliphatic heterocycles. The van der Waals surface area contributed by atoms with Crippen molar-refractivity contribution >= 4 is 27.2 Å². The van der Waals surface area contributed by atoms with Gasteiger partial charge in [0.25, 0.3) is 0 Å². The largest absolute Gasteiger partial charge is 0.491 e. The molecule has 4 aliphatic carbocycles. The molecule has 0 N–H and O–H groups in total. The predicted molar refractivity (Wildman–Crippen MR) is 185 cm³/mol. The van der Waals surface area contributed by atoms with Gasteiger partial charge in [0.15, 0.2) is 11.6 Å². The lowest BCUT2D eigenvalue weighted by atomic mass is 9.68. The Morgan fingerprint density at radius 2 is 1.20 bits per heavy atom. The van der Waals surface area contributed by atoms with Gasteiger partial charge in [0.1, 0.15) is 5.78 Å². The van der Waals surface area contributed by atoms with Gasteiger partial charge in [-0.3, -0.25) is 4.79 Å². The van der Waals surface area contributed by atoms with Crippen LogP contribution in [-0.2, 0) is 4.79 Å². The molecule has 0 spiro atoms. The lowest BCUT2D eigenvalue weighted by molar-refractivity contribution is -0.121. The van der Waals surface area contributed by atoms with Crippen LogP contribution in [0.5, 0.6) is 5.75 Å². The maximum atomic E-state index is 14.7. The maximum Gasteiger partial charge on any atom is 0.182 e. The molecule has 1 heterocycles. The van der Waals surface area contributed by atoms with Gasteiger partial charge in [-0.2, -0.15) is 0 Å². The molecule has 0 bridgehead atoms. The molecule has 2 aromatic rings. The van der Waals surface area contributed by atoms with Crippen molar-refractivity contribution in [1.29, 1.82) is 0 Å². The summed E-state index contributed by atoms with van der Waals surface area (Å²) < 4.78 is 20.9. The molecule has 0 unspecified atom stereocenters. The molecule has 0 amide bonds. The number of ether oxygens (including phenoxy) is 1. The number of hydrogen-bond donors (Lipinski definition) is 0. The Hall–Kier alpha value is -1.42. The first kappa shape index (κ1) is 33.9. The summed E-state index contributed by atoms with van der Waals surface area (Å²) in [6.07, 6.45) is 26.7. The second kappa shape index (κ2) is 16.9. The third kappa shape index (κ3) is 8.89. The fourth-order valence-electron chi connectivity index (χ4n) is 9.56. The van der Waals surface area contributed by atoms with Gasteiger partial charge in [0.2, 0.25) is 0 Å². The minimum Gasteiger partial charge on any atom is -0.491 e. The summed E-state index contributed by atoms with van der Waals surface area (Å²) in [5.74, 6) is 7.15. The lowest BCUT2D eigenvalue weighted by Gasteiger charge is -2.37. The fraction of sp³-hybridized carbons (Fsp3) is 0.775. The Morgan fingerprint density at radius 1 is 0.705 bits per heavy atom. The fourth-order valence-corrected chi connectivity index (χ4v) is 10.8. The minimum atomic E-state index is -0.173. The molecule has 4 fully saturated rings. The lowest BCUT2D eigenvalue weighted by Crippen LogP contribution is -2.25. The summed E-state index contributed by atoms with van der Waals surface area (Å²) >= 11 is 1.66. The van der Waals surface area contributed by atoms with Gasteiger partial charge in [-0.15, -0.1) is 11.3 Å². The molecule has 44 heavy (non-hydrogen) atoms. The van der Waals surface area contributed by atoms with E-state index in [0.29, 0.717) is 24.1 Å². The minimum absolute atomic E-state index is 0.173. The van der Waals surface area contributed by atoms with Gasteiger partial charge in [0, 0.05) is 17.7 Å². The van der Waals surface area contributed by atoms with Gasteiger partial charge in [-0.1, -0.05) is 65.2 Å². The van der Waals surface area contributed by atoms with Crippen molar-refractivity contribution < 1.29 is 13.9 Å². The summed E-state index contributed by atoms with van der Waals surface area (Å²) in [6, 6.07) is 6.03. The molecular weight excluding hydrogens is 564 g/mol. The first-order valence-electron chi connectivity index (χ1n) is 18.8. The number of benzene rings is 1. The van der Waals surface area contributed by atoms with E-state index in [4.69, 9.17) is 4.74 Å². The van der Waals surface area contributed by atoms with Crippen LogP contribution in [0.4, 0.5) is 4.39 Å². The van der Waals surface area contributed by atoms with Crippen LogP contribution in [0.3, 0.4) is 0 Å². The summed E-state index contributed by atoms with van der Waals surface area (Å²) in [7, 11) is 0. The molecule has 4 aliphatic rings. The van der Waals surface area contributed by atoms with Crippen LogP contribution < -0.4 is 4.74 Å². The van der Waals surface area contributed by atoms with Crippen LogP contribution in [0.15, 0.2) is 18.2 Å². The number of carbonyl (C=O) groups is 1. The first-order valence-corrected chi connectivity index (χ1v) is 19.7. The van der Waals surface area contributed by atoms with Gasteiger partial charge >= 0.3 is 0 Å². The molecule has 1 aromatic heterocycles. The van der Waals surface area contributed by atoms with E-state index in [1.54, 1.807) is 17.4 Å². The average molecular weight is 625 g/mol. The number of fused-ring (bicyclic) bond motifs is 1. The molecule has 4 saturated carbocycles. The van der Waals surface area contributed by atoms with Crippen molar-refractivity contribution in [3.8, 4) is 5.75 Å². The highest BCUT2D eigenvalue weighted by atomic mass is 32.1. The van der Waals surface area contributed by atoms with Crippen molar-refractivity contribution in [2.24, 2.45) is 35.5 Å². The zero-order valence-electron chi connectivity index (χ0n) is 28.2. The molecule has 0 atom stereocenters. The van der Waals surface area contributed by atoms with E-state index in [0.717, 1.165) is 58.4 Å². The van der Waals surface area contributed by atoms with Crippen molar-refractivity contribution in [2.75, 3.05) is 6.61 Å². The van der Waals surface area contributed by atoms with Gasteiger partial charge in [-0.05, 0) is 136 Å². The van der Waals surface area contributed by atoms with Crippen LogP contribution in [0.25, 0.3) is 10.1 Å². The SMILES string of the molecule is CCCC1CCC(C2CCC(=O)CC2)CC1.CCCC1CCC(C2CCC(c3cc4ccc(OCC)c(F)c4s3)CC2)CC1. The van der Waals surface area contributed by atoms with Crippen molar-refractivity contribution in [2.45, 2.75) is 155 Å². The number of ketones is 1. The van der Waals surface area contributed by atoms with E-state index >= 15 is 0 Å².